The van der Waals surface area contributed by atoms with Gasteiger partial charge >= 0.3 is 23.1 Å². The van der Waals surface area contributed by atoms with Gasteiger partial charge in [-0.3, -0.25) is 0 Å². The van der Waals surface area contributed by atoms with Gasteiger partial charge in [-0.15, -0.1) is 0 Å². The van der Waals surface area contributed by atoms with Crippen molar-refractivity contribution in [1.82, 2.24) is 0 Å². The number of hydrogen-bond acceptors (Lipinski definition) is 1. The molecule has 0 saturated carbocycles. The van der Waals surface area contributed by atoms with Gasteiger partial charge in [-0.25, -0.2) is 0 Å². The van der Waals surface area contributed by atoms with E-state index in [1.54, 1.807) is 13.8 Å². The number of hydrogen-bond donors (Lipinski definition) is 1. The Morgan fingerprint density at radius 3 is 1.33 bits per heavy atom. The van der Waals surface area contributed by atoms with Crippen molar-refractivity contribution in [3.05, 3.63) is 0 Å². The van der Waals surface area contributed by atoms with E-state index in [9.17, 15) is 0 Å². The fourth-order valence-corrected chi connectivity index (χ4v) is 0. The maximum absolute atomic E-state index is 8.06. The molecule has 0 aromatic heterocycles. The van der Waals surface area contributed by atoms with E-state index in [2.05, 4.69) is 0 Å². The van der Waals surface area contributed by atoms with Crippen LogP contribution >= 0.6 is 0 Å². The maximum atomic E-state index is 8.06. The largest absolute Gasteiger partial charge is 2.00 e. The molecule has 1 N–H and O–H groups in total. The topological polar surface area (TPSA) is 20.2 Å². The third kappa shape index (κ3) is 51.1. The molecule has 0 spiro atoms. The molecule has 0 aliphatic heterocycles. The summed E-state index contributed by atoms with van der Waals surface area (Å²) in [6.07, 6.45) is -0.167. The number of rotatable bonds is 0. The zero-order chi connectivity index (χ0) is 3.58. The quantitative estimate of drug-likeness (QED) is 0.335. The van der Waals surface area contributed by atoms with Crippen molar-refractivity contribution < 1.29 is 29.1 Å². The van der Waals surface area contributed by atoms with Crippen molar-refractivity contribution in [2.24, 2.45) is 0 Å². The maximum Gasteiger partial charge on any atom is 2.00 e. The molecule has 6 heavy (non-hydrogen) atoms. The average molecular weight is 211 g/mol. The van der Waals surface area contributed by atoms with E-state index in [1.807, 2.05) is 0 Å². The Kier molecular flexibility index (Phi) is 25.2. The van der Waals surface area contributed by atoms with Crippen molar-refractivity contribution in [3.8, 4) is 0 Å². The number of aliphatic hydroxyl groups is 1. The van der Waals surface area contributed by atoms with Crippen LogP contribution in [0.3, 0.4) is 0 Å². The Hall–Kier alpha value is 1.46. The van der Waals surface area contributed by atoms with Gasteiger partial charge in [-0.1, -0.05) is 0 Å². The summed E-state index contributed by atoms with van der Waals surface area (Å²) in [6.45, 7) is 3.44. The molecule has 0 aromatic carbocycles. The third-order valence-corrected chi connectivity index (χ3v) is 0. The van der Waals surface area contributed by atoms with Crippen molar-refractivity contribution in [2.75, 3.05) is 0 Å². The van der Waals surface area contributed by atoms with Crippen molar-refractivity contribution >= 4 is 23.1 Å². The van der Waals surface area contributed by atoms with Gasteiger partial charge in [-0.2, -0.15) is 0 Å². The number of halogens is 1. The molecule has 0 rings (SSSR count). The summed E-state index contributed by atoms with van der Waals surface area (Å²) in [7, 11) is 0. The van der Waals surface area contributed by atoms with Crippen LogP contribution in [0.15, 0.2) is 0 Å². The first-order valence-electron chi connectivity index (χ1n) is 1.41. The normalized spacial score (nSPS) is 6.00. The second kappa shape index (κ2) is 9.68. The van der Waals surface area contributed by atoms with Crippen LogP contribution in [-0.2, 0) is 0 Å². The van der Waals surface area contributed by atoms with Crippen molar-refractivity contribution in [3.63, 3.8) is 0 Å². The first-order chi connectivity index (χ1) is 1.73. The second-order valence-corrected chi connectivity index (χ2v) is 1.09. The predicted octanol–water partition coefficient (Wildman–Crippen LogP) is -2.99. The molecule has 0 unspecified atom stereocenters. The Morgan fingerprint density at radius 1 is 1.33 bits per heavy atom. The van der Waals surface area contributed by atoms with Crippen LogP contribution in [-0.4, -0.2) is 34.3 Å². The van der Waals surface area contributed by atoms with Crippen LogP contribution in [0.5, 0.6) is 0 Å². The molecule has 34 valence electrons. The summed E-state index contributed by atoms with van der Waals surface area (Å²) in [4.78, 5) is 0. The Balaban J connectivity index is -0.0000000450. The summed E-state index contributed by atoms with van der Waals surface area (Å²) in [5.74, 6) is 0. The molecule has 0 aliphatic rings. The fourth-order valence-electron chi connectivity index (χ4n) is 0. The first kappa shape index (κ1) is 15.7. The molecule has 0 heterocycles. The van der Waals surface area contributed by atoms with Crippen LogP contribution in [0.4, 0.5) is 0 Å². The summed E-state index contributed by atoms with van der Waals surface area (Å²) < 4.78 is 0. The van der Waals surface area contributed by atoms with E-state index in [-0.39, 0.29) is 53.1 Å². The third-order valence-electron chi connectivity index (χ3n) is 0. The molecule has 0 amide bonds. The summed E-state index contributed by atoms with van der Waals surface area (Å²) in [6, 6.07) is 0. The standard InChI is InChI=1S/C3H8O.HI.Mg/c1-3(2)4;;/h3-4H,1-2H3;1H;/q;;+2/p-1. The van der Waals surface area contributed by atoms with Gasteiger partial charge < -0.3 is 29.1 Å². The molecule has 0 radical (unpaired) electrons. The minimum absolute atomic E-state index is 0. The SMILES string of the molecule is CC(C)O.[I-].[Mg+2]. The van der Waals surface area contributed by atoms with E-state index < -0.39 is 0 Å². The van der Waals surface area contributed by atoms with Crippen molar-refractivity contribution in [2.45, 2.75) is 20.0 Å². The van der Waals surface area contributed by atoms with Gasteiger partial charge in [0.1, 0.15) is 0 Å². The van der Waals surface area contributed by atoms with Gasteiger partial charge in [0.15, 0.2) is 0 Å². The zero-order valence-corrected chi connectivity index (χ0v) is 7.68. The number of aliphatic hydroxyl groups excluding tert-OH is 1. The van der Waals surface area contributed by atoms with Crippen LogP contribution in [0, 0.1) is 0 Å². The van der Waals surface area contributed by atoms with Gasteiger partial charge in [-0.05, 0) is 13.8 Å². The van der Waals surface area contributed by atoms with Crippen LogP contribution in [0.1, 0.15) is 13.8 Å². The average Bonchev–Trinajstić information content (AvgIpc) is 0.811. The molecule has 0 aromatic rings. The van der Waals surface area contributed by atoms with E-state index in [4.69, 9.17) is 5.11 Å². The molecule has 0 fully saturated rings. The Labute approximate surface area is 71.7 Å². The molecule has 1 nitrogen and oxygen atoms in total. The minimum Gasteiger partial charge on any atom is -1.00 e. The molecule has 3 heteroatoms. The minimum atomic E-state index is -0.167. The van der Waals surface area contributed by atoms with E-state index in [1.165, 1.54) is 0 Å². The van der Waals surface area contributed by atoms with Crippen LogP contribution in [0.25, 0.3) is 0 Å². The van der Waals surface area contributed by atoms with Crippen LogP contribution in [0.2, 0.25) is 0 Å². The van der Waals surface area contributed by atoms with Crippen molar-refractivity contribution in [1.29, 1.82) is 0 Å². The smallest absolute Gasteiger partial charge is 1.00 e. The molecular weight excluding hydrogens is 203 g/mol. The molecular formula is C3H8IMgO+. The van der Waals surface area contributed by atoms with Gasteiger partial charge in [0.2, 0.25) is 0 Å². The monoisotopic (exact) mass is 211 g/mol. The summed E-state index contributed by atoms with van der Waals surface area (Å²) >= 11 is 0. The summed E-state index contributed by atoms with van der Waals surface area (Å²) in [5.41, 5.74) is 0. The zero-order valence-electron chi connectivity index (χ0n) is 4.11. The van der Waals surface area contributed by atoms with E-state index >= 15 is 0 Å². The summed E-state index contributed by atoms with van der Waals surface area (Å²) in [5, 5.41) is 8.06. The van der Waals surface area contributed by atoms with Crippen LogP contribution < -0.4 is 24.0 Å². The van der Waals surface area contributed by atoms with Gasteiger partial charge in [0.05, 0.1) is 0 Å². The van der Waals surface area contributed by atoms with Gasteiger partial charge in [0, 0.05) is 6.10 Å². The second-order valence-electron chi connectivity index (χ2n) is 1.09. The molecule has 0 atom stereocenters. The first-order valence-corrected chi connectivity index (χ1v) is 1.41. The Bertz CT molecular complexity index is 15.5. The molecule has 0 bridgehead atoms. The fraction of sp³-hybridized carbons (Fsp3) is 1.00. The predicted molar refractivity (Wildman–Crippen MR) is 23.1 cm³/mol. The molecule has 0 saturated heterocycles. The Morgan fingerprint density at radius 2 is 1.33 bits per heavy atom. The molecule has 0 aliphatic carbocycles. The van der Waals surface area contributed by atoms with E-state index in [0.717, 1.165) is 0 Å². The van der Waals surface area contributed by atoms with E-state index in [0.29, 0.717) is 0 Å². The van der Waals surface area contributed by atoms with Gasteiger partial charge in [0.25, 0.3) is 0 Å².